The average molecular weight is 430 g/mol. The first kappa shape index (κ1) is 21.4. The fourth-order valence-corrected chi connectivity index (χ4v) is 3.57. The second kappa shape index (κ2) is 9.49. The molecule has 3 rings (SSSR count). The minimum Gasteiger partial charge on any atom is -0.497 e. The van der Waals surface area contributed by atoms with Crippen LogP contribution >= 0.6 is 11.8 Å². The maximum atomic E-state index is 12.5. The largest absolute Gasteiger partial charge is 0.497 e. The molecule has 0 saturated carbocycles. The first-order valence-electron chi connectivity index (χ1n) is 9.22. The molecule has 158 valence electrons. The van der Waals surface area contributed by atoms with Crippen LogP contribution in [0.25, 0.3) is 11.4 Å². The molecule has 1 aromatic carbocycles. The van der Waals surface area contributed by atoms with Gasteiger partial charge in [-0.3, -0.25) is 9.59 Å². The lowest BCUT2D eigenvalue weighted by molar-refractivity contribution is -0.113. The van der Waals surface area contributed by atoms with Gasteiger partial charge in [0.05, 0.1) is 31.2 Å². The van der Waals surface area contributed by atoms with Crippen LogP contribution in [0.5, 0.6) is 11.5 Å². The summed E-state index contributed by atoms with van der Waals surface area (Å²) in [6.45, 7) is 2.47. The molecular formula is C20H23N5O4S. The van der Waals surface area contributed by atoms with E-state index in [1.165, 1.54) is 18.9 Å². The van der Waals surface area contributed by atoms with Crippen LogP contribution in [-0.2, 0) is 18.4 Å². The molecule has 30 heavy (non-hydrogen) atoms. The molecule has 0 aliphatic rings. The second-order valence-corrected chi connectivity index (χ2v) is 7.22. The number of amides is 1. The van der Waals surface area contributed by atoms with E-state index >= 15 is 0 Å². The zero-order chi connectivity index (χ0) is 21.7. The van der Waals surface area contributed by atoms with E-state index in [1.54, 1.807) is 59.8 Å². The molecule has 0 fully saturated rings. The minimum atomic E-state index is -0.232. The van der Waals surface area contributed by atoms with Crippen molar-refractivity contribution in [3.63, 3.8) is 0 Å². The number of rotatable bonds is 8. The Bertz CT molecular complexity index is 1110. The number of aromatic nitrogens is 4. The van der Waals surface area contributed by atoms with Crippen molar-refractivity contribution in [2.24, 2.45) is 7.05 Å². The highest BCUT2D eigenvalue weighted by Crippen LogP contribution is 2.29. The van der Waals surface area contributed by atoms with Gasteiger partial charge in [-0.05, 0) is 31.2 Å². The van der Waals surface area contributed by atoms with Crippen LogP contribution in [0.3, 0.4) is 0 Å². The number of pyridine rings is 1. The number of anilines is 1. The zero-order valence-corrected chi connectivity index (χ0v) is 18.0. The van der Waals surface area contributed by atoms with Crippen LogP contribution in [0.15, 0.2) is 46.5 Å². The number of aryl methyl sites for hydroxylation is 1. The smallest absolute Gasteiger partial charge is 0.261 e. The van der Waals surface area contributed by atoms with Crippen LogP contribution < -0.4 is 20.3 Å². The number of hydrogen-bond acceptors (Lipinski definition) is 7. The zero-order valence-electron chi connectivity index (χ0n) is 17.2. The van der Waals surface area contributed by atoms with E-state index in [1.807, 2.05) is 6.92 Å². The van der Waals surface area contributed by atoms with Crippen molar-refractivity contribution in [3.05, 3.63) is 46.9 Å². The molecule has 10 heteroatoms. The van der Waals surface area contributed by atoms with Crippen molar-refractivity contribution in [1.82, 2.24) is 19.3 Å². The van der Waals surface area contributed by atoms with Crippen molar-refractivity contribution < 1.29 is 14.3 Å². The second-order valence-electron chi connectivity index (χ2n) is 6.28. The van der Waals surface area contributed by atoms with E-state index in [4.69, 9.17) is 9.47 Å². The van der Waals surface area contributed by atoms with Gasteiger partial charge >= 0.3 is 0 Å². The van der Waals surface area contributed by atoms with Gasteiger partial charge in [-0.1, -0.05) is 11.8 Å². The highest BCUT2D eigenvalue weighted by molar-refractivity contribution is 7.99. The SMILES string of the molecule is CCn1cccc(-c2nnc(SCC(=O)Nc3cc(OC)ccc3OC)n2C)c1=O. The van der Waals surface area contributed by atoms with E-state index < -0.39 is 0 Å². The Morgan fingerprint density at radius 1 is 1.20 bits per heavy atom. The number of methoxy groups -OCH3 is 2. The van der Waals surface area contributed by atoms with Gasteiger partial charge in [-0.25, -0.2) is 0 Å². The van der Waals surface area contributed by atoms with Gasteiger partial charge in [-0.15, -0.1) is 10.2 Å². The molecule has 2 aromatic heterocycles. The summed E-state index contributed by atoms with van der Waals surface area (Å²) < 4.78 is 13.8. The van der Waals surface area contributed by atoms with Gasteiger partial charge in [0.1, 0.15) is 11.5 Å². The highest BCUT2D eigenvalue weighted by atomic mass is 32.2. The topological polar surface area (TPSA) is 100 Å². The average Bonchev–Trinajstić information content (AvgIpc) is 3.12. The predicted molar refractivity (Wildman–Crippen MR) is 115 cm³/mol. The maximum absolute atomic E-state index is 12.5. The summed E-state index contributed by atoms with van der Waals surface area (Å²) in [5, 5.41) is 11.6. The summed E-state index contributed by atoms with van der Waals surface area (Å²) in [7, 11) is 4.85. The summed E-state index contributed by atoms with van der Waals surface area (Å²) in [4.78, 5) is 25.0. The third-order valence-electron chi connectivity index (χ3n) is 4.45. The lowest BCUT2D eigenvalue weighted by Gasteiger charge is -2.11. The Labute approximate surface area is 178 Å². The number of carbonyl (C=O) groups excluding carboxylic acids is 1. The van der Waals surface area contributed by atoms with Crippen molar-refractivity contribution in [2.45, 2.75) is 18.6 Å². The summed E-state index contributed by atoms with van der Waals surface area (Å²) in [5.74, 6) is 1.48. The normalized spacial score (nSPS) is 10.7. The van der Waals surface area contributed by atoms with E-state index in [2.05, 4.69) is 15.5 Å². The van der Waals surface area contributed by atoms with E-state index in [0.29, 0.717) is 40.3 Å². The van der Waals surface area contributed by atoms with Crippen LogP contribution in [0, 0.1) is 0 Å². The first-order valence-corrected chi connectivity index (χ1v) is 10.2. The quantitative estimate of drug-likeness (QED) is 0.549. The lowest BCUT2D eigenvalue weighted by atomic mass is 10.2. The van der Waals surface area contributed by atoms with Gasteiger partial charge in [0.15, 0.2) is 11.0 Å². The fraction of sp³-hybridized carbons (Fsp3) is 0.300. The summed E-state index contributed by atoms with van der Waals surface area (Å²) >= 11 is 1.23. The van der Waals surface area contributed by atoms with Gasteiger partial charge in [0, 0.05) is 25.9 Å². The molecule has 1 N–H and O–H groups in total. The van der Waals surface area contributed by atoms with Crippen molar-refractivity contribution in [2.75, 3.05) is 25.3 Å². The minimum absolute atomic E-state index is 0.111. The molecule has 0 unspecified atom stereocenters. The Kier molecular flexibility index (Phi) is 6.78. The van der Waals surface area contributed by atoms with Crippen molar-refractivity contribution in [3.8, 4) is 22.9 Å². The van der Waals surface area contributed by atoms with Crippen LogP contribution in [0.2, 0.25) is 0 Å². The maximum Gasteiger partial charge on any atom is 0.261 e. The molecule has 0 spiro atoms. The lowest BCUT2D eigenvalue weighted by Crippen LogP contribution is -2.20. The molecule has 9 nitrogen and oxygen atoms in total. The number of benzene rings is 1. The van der Waals surface area contributed by atoms with Crippen molar-refractivity contribution >= 4 is 23.4 Å². The fourth-order valence-electron chi connectivity index (χ4n) is 2.86. The van der Waals surface area contributed by atoms with Gasteiger partial charge in [0.2, 0.25) is 5.91 Å². The number of thioether (sulfide) groups is 1. The van der Waals surface area contributed by atoms with E-state index in [-0.39, 0.29) is 17.2 Å². The van der Waals surface area contributed by atoms with Gasteiger partial charge in [0.25, 0.3) is 5.56 Å². The van der Waals surface area contributed by atoms with Crippen LogP contribution in [0.4, 0.5) is 5.69 Å². The van der Waals surface area contributed by atoms with E-state index in [9.17, 15) is 9.59 Å². The molecule has 1 amide bonds. The van der Waals surface area contributed by atoms with Gasteiger partial charge in [-0.2, -0.15) is 0 Å². The van der Waals surface area contributed by atoms with E-state index in [0.717, 1.165) is 0 Å². The number of carbonyl (C=O) groups is 1. The molecule has 2 heterocycles. The molecule has 0 saturated heterocycles. The summed E-state index contributed by atoms with van der Waals surface area (Å²) in [5.41, 5.74) is 0.854. The molecular weight excluding hydrogens is 406 g/mol. The summed E-state index contributed by atoms with van der Waals surface area (Å²) in [6, 6.07) is 8.68. The summed E-state index contributed by atoms with van der Waals surface area (Å²) in [6.07, 6.45) is 1.73. The molecule has 3 aromatic rings. The third-order valence-corrected chi connectivity index (χ3v) is 5.47. The number of hydrogen-bond donors (Lipinski definition) is 1. The standard InChI is InChI=1S/C20H23N5O4S/c1-5-25-10-6-7-14(19(25)27)18-22-23-20(24(18)2)30-12-17(26)21-15-11-13(28-3)8-9-16(15)29-4/h6-11H,5,12H2,1-4H3,(H,21,26). The first-order chi connectivity index (χ1) is 14.5. The van der Waals surface area contributed by atoms with Crippen LogP contribution in [-0.4, -0.2) is 45.2 Å². The predicted octanol–water partition coefficient (Wildman–Crippen LogP) is 2.41. The Morgan fingerprint density at radius 2 is 2.00 bits per heavy atom. The monoisotopic (exact) mass is 429 g/mol. The molecule has 0 atom stereocenters. The number of nitrogens with one attached hydrogen (secondary N) is 1. The van der Waals surface area contributed by atoms with Crippen molar-refractivity contribution in [1.29, 1.82) is 0 Å². The molecule has 0 aliphatic carbocycles. The third kappa shape index (κ3) is 4.48. The Balaban J connectivity index is 1.72. The van der Waals surface area contributed by atoms with Crippen LogP contribution in [0.1, 0.15) is 6.92 Å². The molecule has 0 bridgehead atoms. The number of ether oxygens (including phenoxy) is 2. The highest BCUT2D eigenvalue weighted by Gasteiger charge is 2.16. The molecule has 0 aliphatic heterocycles. The Hall–Kier alpha value is -3.27. The Morgan fingerprint density at radius 3 is 2.70 bits per heavy atom. The van der Waals surface area contributed by atoms with Gasteiger partial charge < -0.3 is 23.9 Å². The molecule has 0 radical (unpaired) electrons. The number of nitrogens with zero attached hydrogens (tertiary/aromatic N) is 4.